The Morgan fingerprint density at radius 1 is 1.13 bits per heavy atom. The molecule has 0 aliphatic carbocycles. The molecule has 3 aromatic rings. The lowest BCUT2D eigenvalue weighted by Gasteiger charge is -2.07. The molecule has 0 spiro atoms. The van der Waals surface area contributed by atoms with E-state index in [0.29, 0.717) is 23.8 Å². The van der Waals surface area contributed by atoms with Crippen molar-refractivity contribution in [2.24, 2.45) is 0 Å². The zero-order chi connectivity index (χ0) is 16.4. The molecule has 1 N–H and O–H groups in total. The number of sulfonamides is 1. The van der Waals surface area contributed by atoms with Gasteiger partial charge in [-0.1, -0.05) is 18.2 Å². The summed E-state index contributed by atoms with van der Waals surface area (Å²) in [6.45, 7) is 4.00. The van der Waals surface area contributed by atoms with E-state index in [-0.39, 0.29) is 0 Å². The minimum Gasteiger partial charge on any atom is -0.441 e. The highest BCUT2D eigenvalue weighted by Crippen LogP contribution is 2.17. The molecule has 0 aliphatic rings. The first kappa shape index (κ1) is 15.7. The molecule has 0 aliphatic heterocycles. The predicted molar refractivity (Wildman–Crippen MR) is 88.8 cm³/mol. The Hall–Kier alpha value is -2.18. The topological polar surface area (TPSA) is 72.2 Å². The van der Waals surface area contributed by atoms with Gasteiger partial charge in [0.2, 0.25) is 10.0 Å². The summed E-state index contributed by atoms with van der Waals surface area (Å²) in [5.74, 6) is 0.623. The van der Waals surface area contributed by atoms with Crippen LogP contribution in [-0.2, 0) is 16.4 Å². The van der Waals surface area contributed by atoms with Crippen molar-refractivity contribution < 1.29 is 12.8 Å². The molecule has 0 saturated heterocycles. The average molecular weight is 330 g/mol. The number of rotatable bonds is 5. The molecule has 0 atom stereocenters. The second-order valence-electron chi connectivity index (χ2n) is 5.50. The van der Waals surface area contributed by atoms with E-state index in [4.69, 9.17) is 4.42 Å². The molecule has 0 saturated carbocycles. The summed E-state index contributed by atoms with van der Waals surface area (Å²) in [6.07, 6.45) is 0.584. The third-order valence-electron chi connectivity index (χ3n) is 3.57. The lowest BCUT2D eigenvalue weighted by atomic mass is 10.1. The van der Waals surface area contributed by atoms with E-state index in [9.17, 15) is 8.42 Å². The summed E-state index contributed by atoms with van der Waals surface area (Å²) >= 11 is 0. The number of hydrogen-bond acceptors (Lipinski definition) is 4. The highest BCUT2D eigenvalue weighted by Gasteiger charge is 2.13. The minimum absolute atomic E-state index is 0.291. The van der Waals surface area contributed by atoms with Crippen LogP contribution in [0.4, 0.5) is 0 Å². The first-order valence-electron chi connectivity index (χ1n) is 7.36. The van der Waals surface area contributed by atoms with Crippen LogP contribution in [0.25, 0.3) is 11.1 Å². The van der Waals surface area contributed by atoms with Gasteiger partial charge in [-0.25, -0.2) is 18.1 Å². The average Bonchev–Trinajstić information content (AvgIpc) is 2.86. The van der Waals surface area contributed by atoms with Crippen LogP contribution in [0.5, 0.6) is 0 Å². The van der Waals surface area contributed by atoms with Crippen molar-refractivity contribution in [2.75, 3.05) is 6.54 Å². The van der Waals surface area contributed by atoms with Crippen LogP contribution in [0.2, 0.25) is 0 Å². The quantitative estimate of drug-likeness (QED) is 0.780. The maximum atomic E-state index is 12.3. The number of benzene rings is 2. The maximum absolute atomic E-state index is 12.3. The molecule has 120 valence electrons. The van der Waals surface area contributed by atoms with E-state index in [0.717, 1.165) is 22.2 Å². The van der Waals surface area contributed by atoms with Crippen LogP contribution in [0.15, 0.2) is 51.8 Å². The van der Waals surface area contributed by atoms with Gasteiger partial charge in [-0.2, -0.15) is 0 Å². The molecule has 0 unspecified atom stereocenters. The number of nitrogens with zero attached hydrogens (tertiary/aromatic N) is 1. The fourth-order valence-corrected chi connectivity index (χ4v) is 3.57. The van der Waals surface area contributed by atoms with E-state index in [2.05, 4.69) is 9.71 Å². The third kappa shape index (κ3) is 3.60. The SMILES string of the molecule is Cc1cccc(S(=O)(=O)NCCc2ccc3nc(C)oc3c2)c1. The van der Waals surface area contributed by atoms with Gasteiger partial charge < -0.3 is 4.42 Å². The van der Waals surface area contributed by atoms with Crippen molar-refractivity contribution in [3.05, 3.63) is 59.5 Å². The molecule has 0 fully saturated rings. The number of aryl methyl sites for hydroxylation is 2. The highest BCUT2D eigenvalue weighted by molar-refractivity contribution is 7.89. The second kappa shape index (κ2) is 6.14. The van der Waals surface area contributed by atoms with Gasteiger partial charge in [0.05, 0.1) is 4.90 Å². The van der Waals surface area contributed by atoms with E-state index in [1.807, 2.05) is 31.2 Å². The smallest absolute Gasteiger partial charge is 0.240 e. The summed E-state index contributed by atoms with van der Waals surface area (Å²) in [5, 5.41) is 0. The number of aromatic nitrogens is 1. The second-order valence-corrected chi connectivity index (χ2v) is 7.27. The van der Waals surface area contributed by atoms with E-state index in [1.165, 1.54) is 0 Å². The van der Waals surface area contributed by atoms with Crippen molar-refractivity contribution >= 4 is 21.1 Å². The van der Waals surface area contributed by atoms with Crippen molar-refractivity contribution in [3.8, 4) is 0 Å². The molecule has 2 aromatic carbocycles. The zero-order valence-corrected chi connectivity index (χ0v) is 13.9. The van der Waals surface area contributed by atoms with Crippen LogP contribution >= 0.6 is 0 Å². The molecule has 0 bridgehead atoms. The third-order valence-corrected chi connectivity index (χ3v) is 5.02. The van der Waals surface area contributed by atoms with Gasteiger partial charge in [-0.3, -0.25) is 0 Å². The molecule has 1 aromatic heterocycles. The molecule has 1 heterocycles. The molecule has 5 nitrogen and oxygen atoms in total. The van der Waals surface area contributed by atoms with Crippen molar-refractivity contribution in [2.45, 2.75) is 25.2 Å². The van der Waals surface area contributed by atoms with Crippen LogP contribution in [0, 0.1) is 13.8 Å². The Labute approximate surface area is 135 Å². The fourth-order valence-electron chi connectivity index (χ4n) is 2.44. The molecule has 6 heteroatoms. The maximum Gasteiger partial charge on any atom is 0.240 e. The molecule has 23 heavy (non-hydrogen) atoms. The van der Waals surface area contributed by atoms with Gasteiger partial charge in [0, 0.05) is 13.5 Å². The molecular formula is C17H18N2O3S. The van der Waals surface area contributed by atoms with Crippen molar-refractivity contribution in [3.63, 3.8) is 0 Å². The molecule has 3 rings (SSSR count). The number of fused-ring (bicyclic) bond motifs is 1. The number of oxazole rings is 1. The van der Waals surface area contributed by atoms with Gasteiger partial charge >= 0.3 is 0 Å². The first-order valence-corrected chi connectivity index (χ1v) is 8.85. The summed E-state index contributed by atoms with van der Waals surface area (Å²) in [4.78, 5) is 4.53. The highest BCUT2D eigenvalue weighted by atomic mass is 32.2. The lowest BCUT2D eigenvalue weighted by Crippen LogP contribution is -2.26. The van der Waals surface area contributed by atoms with Crippen molar-refractivity contribution in [1.29, 1.82) is 0 Å². The van der Waals surface area contributed by atoms with Gasteiger partial charge in [0.25, 0.3) is 0 Å². The van der Waals surface area contributed by atoms with E-state index in [1.54, 1.807) is 25.1 Å². The molecule has 0 radical (unpaired) electrons. The summed E-state index contributed by atoms with van der Waals surface area (Å²) in [7, 11) is -3.48. The van der Waals surface area contributed by atoms with E-state index >= 15 is 0 Å². The van der Waals surface area contributed by atoms with E-state index < -0.39 is 10.0 Å². The number of hydrogen-bond donors (Lipinski definition) is 1. The van der Waals surface area contributed by atoms with Gasteiger partial charge in [0.1, 0.15) is 5.52 Å². The van der Waals surface area contributed by atoms with Crippen LogP contribution in [0.3, 0.4) is 0 Å². The Morgan fingerprint density at radius 2 is 1.96 bits per heavy atom. The van der Waals surface area contributed by atoms with Crippen molar-refractivity contribution in [1.82, 2.24) is 9.71 Å². The van der Waals surface area contributed by atoms with Gasteiger partial charge in [0.15, 0.2) is 11.5 Å². The Bertz CT molecular complexity index is 945. The zero-order valence-electron chi connectivity index (χ0n) is 13.0. The fraction of sp³-hybridized carbons (Fsp3) is 0.235. The van der Waals surface area contributed by atoms with Crippen LogP contribution < -0.4 is 4.72 Å². The summed E-state index contributed by atoms with van der Waals surface area (Å²) in [6, 6.07) is 12.6. The summed E-state index contributed by atoms with van der Waals surface area (Å²) < 4.78 is 32.6. The normalized spacial score (nSPS) is 11.9. The monoisotopic (exact) mass is 330 g/mol. The predicted octanol–water partition coefficient (Wildman–Crippen LogP) is 2.97. The van der Waals surface area contributed by atoms with Gasteiger partial charge in [-0.15, -0.1) is 0 Å². The Morgan fingerprint density at radius 3 is 2.74 bits per heavy atom. The molecule has 0 amide bonds. The first-order chi connectivity index (χ1) is 10.9. The lowest BCUT2D eigenvalue weighted by molar-refractivity contribution is 0.560. The minimum atomic E-state index is -3.48. The number of nitrogens with one attached hydrogen (secondary N) is 1. The Balaban J connectivity index is 1.68. The van der Waals surface area contributed by atoms with Crippen LogP contribution in [-0.4, -0.2) is 19.9 Å². The van der Waals surface area contributed by atoms with Crippen LogP contribution in [0.1, 0.15) is 17.0 Å². The standard InChI is InChI=1S/C17H18N2O3S/c1-12-4-3-5-15(10-12)23(20,21)18-9-8-14-6-7-16-17(11-14)22-13(2)19-16/h3-7,10-11,18H,8-9H2,1-2H3. The largest absolute Gasteiger partial charge is 0.441 e. The molecular weight excluding hydrogens is 312 g/mol. The van der Waals surface area contributed by atoms with Gasteiger partial charge in [-0.05, 0) is 48.7 Å². The Kier molecular flexibility index (Phi) is 4.19. The summed E-state index contributed by atoms with van der Waals surface area (Å²) in [5.41, 5.74) is 3.45.